The number of nitrogens with two attached hydrogens (primary N) is 1. The van der Waals surface area contributed by atoms with Crippen molar-refractivity contribution in [3.05, 3.63) is 41.3 Å². The largest absolute Gasteiger partial charge is 0.472 e. The van der Waals surface area contributed by atoms with Gasteiger partial charge < -0.3 is 34.5 Å². The molecule has 3 fully saturated rings. The quantitative estimate of drug-likeness (QED) is 0.221. The van der Waals surface area contributed by atoms with Crippen molar-refractivity contribution in [2.75, 3.05) is 18.9 Å². The third-order valence-electron chi connectivity index (χ3n) is 7.23. The van der Waals surface area contributed by atoms with Crippen LogP contribution in [0.25, 0.3) is 22.2 Å². The number of imidazole rings is 1. The van der Waals surface area contributed by atoms with Crippen LogP contribution in [-0.2, 0) is 36.7 Å². The first-order chi connectivity index (χ1) is 20.5. The Bertz CT molecular complexity index is 1870. The average molecular weight is 644 g/mol. The lowest BCUT2D eigenvalue weighted by molar-refractivity contribution is -0.0667. The van der Waals surface area contributed by atoms with E-state index in [9.17, 15) is 28.1 Å². The second kappa shape index (κ2) is 10.5. The highest BCUT2D eigenvalue weighted by Gasteiger charge is 2.47. The third-order valence-corrected chi connectivity index (χ3v) is 9.25. The first-order valence-corrected chi connectivity index (χ1v) is 15.8. The van der Waals surface area contributed by atoms with E-state index in [-0.39, 0.29) is 29.7 Å². The van der Waals surface area contributed by atoms with Gasteiger partial charge in [-0.2, -0.15) is 0 Å². The lowest BCUT2D eigenvalue weighted by Crippen LogP contribution is -2.29. The van der Waals surface area contributed by atoms with Crippen LogP contribution in [0.1, 0.15) is 25.3 Å². The molecule has 0 radical (unpaired) electrons. The van der Waals surface area contributed by atoms with Gasteiger partial charge in [-0.1, -0.05) is 0 Å². The minimum absolute atomic E-state index is 0.0308. The number of nitrogen functional groups attached to an aromatic ring is 1. The number of aromatic amines is 1. The van der Waals surface area contributed by atoms with Crippen molar-refractivity contribution in [1.29, 1.82) is 0 Å². The molecule has 7 rings (SSSR count). The number of anilines is 1. The molecule has 230 valence electrons. The number of H-pyrrole nitrogens is 1. The standard InChI is InChI=1S/C21H23FN8O11P2/c22-10-3-29(18-15(10)20(31)27-7-25-18)21-12-1-9(38-21)4-36-42(32,33)40-11-2-14(39-13(11)5-37-43(34,35)41-12)30-8-28-16-17(23)24-6-26-19(16)30/h3,6-9,11-14,21H,1-2,4-5H2,(H,32,33)(H,34,35)(H2,23,24,26)(H,25,27,31)/t9-,11-,12+,13+,14+,21+/m0/s1. The van der Waals surface area contributed by atoms with Gasteiger partial charge in [0, 0.05) is 19.0 Å². The minimum atomic E-state index is -4.87. The number of hydrogen-bond donors (Lipinski definition) is 4. The van der Waals surface area contributed by atoms with Crippen LogP contribution in [0.2, 0.25) is 0 Å². The number of ether oxygens (including phenoxy) is 2. The molecule has 3 saturated heterocycles. The van der Waals surface area contributed by atoms with Crippen LogP contribution in [0.5, 0.6) is 0 Å². The summed E-state index contributed by atoms with van der Waals surface area (Å²) in [5, 5.41) is -0.366. The Labute approximate surface area is 238 Å². The zero-order chi connectivity index (χ0) is 30.1. The van der Waals surface area contributed by atoms with Crippen molar-refractivity contribution in [2.45, 2.75) is 49.7 Å². The zero-order valence-corrected chi connectivity index (χ0v) is 23.5. The first kappa shape index (κ1) is 28.6. The van der Waals surface area contributed by atoms with E-state index >= 15 is 0 Å². The van der Waals surface area contributed by atoms with Crippen LogP contribution in [0.15, 0.2) is 30.0 Å². The second-order valence-electron chi connectivity index (χ2n) is 9.96. The molecular formula is C21H23FN8O11P2. The van der Waals surface area contributed by atoms with Crippen molar-refractivity contribution in [3.8, 4) is 0 Å². The van der Waals surface area contributed by atoms with Crippen LogP contribution in [0.3, 0.4) is 0 Å². The Balaban J connectivity index is 1.17. The highest BCUT2D eigenvalue weighted by molar-refractivity contribution is 7.47. The molecule has 0 aromatic carbocycles. The van der Waals surface area contributed by atoms with E-state index in [0.717, 1.165) is 17.1 Å². The number of aromatic nitrogens is 7. The molecule has 8 atom stereocenters. The van der Waals surface area contributed by atoms with Gasteiger partial charge in [0.1, 0.15) is 41.8 Å². The fraction of sp³-hybridized carbons (Fsp3) is 0.476. The van der Waals surface area contributed by atoms with Crippen molar-refractivity contribution < 1.29 is 50.9 Å². The lowest BCUT2D eigenvalue weighted by atomic mass is 10.2. The molecule has 22 heteroatoms. The maximum atomic E-state index is 14.7. The summed E-state index contributed by atoms with van der Waals surface area (Å²) in [5.41, 5.74) is 5.60. The normalized spacial score (nSPS) is 35.4. The summed E-state index contributed by atoms with van der Waals surface area (Å²) in [6.45, 7) is -1.13. The van der Waals surface area contributed by atoms with E-state index in [1.807, 2.05) is 0 Å². The van der Waals surface area contributed by atoms with E-state index in [1.54, 1.807) is 0 Å². The number of fused-ring (bicyclic) bond motifs is 5. The van der Waals surface area contributed by atoms with Gasteiger partial charge in [-0.3, -0.25) is 27.5 Å². The van der Waals surface area contributed by atoms with Gasteiger partial charge in [0.2, 0.25) is 0 Å². The molecule has 19 nitrogen and oxygen atoms in total. The molecule has 0 amide bonds. The van der Waals surface area contributed by atoms with Crippen molar-refractivity contribution in [1.82, 2.24) is 34.1 Å². The summed E-state index contributed by atoms with van der Waals surface area (Å²) >= 11 is 0. The fourth-order valence-electron chi connectivity index (χ4n) is 5.37. The van der Waals surface area contributed by atoms with E-state index < -0.39 is 77.1 Å². The molecule has 43 heavy (non-hydrogen) atoms. The maximum absolute atomic E-state index is 14.7. The third kappa shape index (κ3) is 5.29. The smallest absolute Gasteiger partial charge is 0.382 e. The molecule has 0 spiro atoms. The predicted molar refractivity (Wildman–Crippen MR) is 138 cm³/mol. The van der Waals surface area contributed by atoms with Gasteiger partial charge in [0.05, 0.1) is 32.0 Å². The number of nitrogens with one attached hydrogen (secondary N) is 1. The molecule has 0 aliphatic carbocycles. The number of hydrogen-bond acceptors (Lipinski definition) is 14. The molecule has 5 N–H and O–H groups in total. The zero-order valence-electron chi connectivity index (χ0n) is 21.7. The van der Waals surface area contributed by atoms with E-state index in [4.69, 9.17) is 33.3 Å². The van der Waals surface area contributed by atoms with Gasteiger partial charge >= 0.3 is 15.6 Å². The van der Waals surface area contributed by atoms with Crippen LogP contribution in [0.4, 0.5) is 10.2 Å². The predicted octanol–water partition coefficient (Wildman–Crippen LogP) is 0.879. The summed E-state index contributed by atoms with van der Waals surface area (Å²) in [7, 11) is -9.63. The summed E-state index contributed by atoms with van der Waals surface area (Å²) in [6.07, 6.45) is -2.30. The lowest BCUT2D eigenvalue weighted by Gasteiger charge is -2.25. The molecule has 2 unspecified atom stereocenters. The molecule has 7 heterocycles. The Morgan fingerprint density at radius 2 is 1.72 bits per heavy atom. The topological polar surface area (TPSA) is 250 Å². The van der Waals surface area contributed by atoms with Crippen LogP contribution < -0.4 is 11.3 Å². The van der Waals surface area contributed by atoms with E-state index in [2.05, 4.69) is 24.9 Å². The summed E-state index contributed by atoms with van der Waals surface area (Å²) in [5.74, 6) is -0.791. The van der Waals surface area contributed by atoms with Gasteiger partial charge in [-0.05, 0) is 0 Å². The number of phosphoric acid groups is 2. The van der Waals surface area contributed by atoms with E-state index in [0.29, 0.717) is 11.2 Å². The molecular weight excluding hydrogens is 621 g/mol. The van der Waals surface area contributed by atoms with Crippen molar-refractivity contribution in [2.24, 2.45) is 0 Å². The maximum Gasteiger partial charge on any atom is 0.472 e. The van der Waals surface area contributed by atoms with Crippen LogP contribution in [-0.4, -0.2) is 81.5 Å². The summed E-state index contributed by atoms with van der Waals surface area (Å²) in [4.78, 5) is 51.8. The highest BCUT2D eigenvalue weighted by Crippen LogP contribution is 2.53. The molecule has 3 aliphatic rings. The number of rotatable bonds is 2. The number of nitrogens with zero attached hydrogens (tertiary/aromatic N) is 6. The first-order valence-electron chi connectivity index (χ1n) is 12.8. The Kier molecular flexibility index (Phi) is 6.97. The summed E-state index contributed by atoms with van der Waals surface area (Å²) in [6, 6.07) is 0. The monoisotopic (exact) mass is 644 g/mol. The number of halogens is 1. The van der Waals surface area contributed by atoms with Crippen LogP contribution >= 0.6 is 15.6 Å². The highest BCUT2D eigenvalue weighted by atomic mass is 31.2. The van der Waals surface area contributed by atoms with Gasteiger partial charge in [-0.15, -0.1) is 0 Å². The molecule has 4 aromatic heterocycles. The molecule has 3 aliphatic heterocycles. The second-order valence-corrected chi connectivity index (χ2v) is 12.8. The SMILES string of the molecule is Nc1ncnc2c1ncn2[C@H]1C[C@@H]2OP(=O)(O)OC[C@@H]3C[C@@H](OP(=O)(O)OC[C@H]2O1)[C@H](n1cc(F)c2c(=O)[nH]cnc21)O3. The van der Waals surface area contributed by atoms with E-state index in [1.165, 1.54) is 17.2 Å². The Morgan fingerprint density at radius 3 is 2.53 bits per heavy atom. The Morgan fingerprint density at radius 1 is 0.953 bits per heavy atom. The molecule has 0 saturated carbocycles. The minimum Gasteiger partial charge on any atom is -0.382 e. The van der Waals surface area contributed by atoms with Crippen molar-refractivity contribution in [3.63, 3.8) is 0 Å². The number of phosphoric ester groups is 2. The fourth-order valence-corrected chi connectivity index (χ4v) is 7.28. The average Bonchev–Trinajstić information content (AvgIpc) is 3.71. The van der Waals surface area contributed by atoms with Gasteiger partial charge in [0.15, 0.2) is 29.2 Å². The molecule has 4 aromatic rings. The molecule has 2 bridgehead atoms. The van der Waals surface area contributed by atoms with Crippen molar-refractivity contribution >= 4 is 43.7 Å². The van der Waals surface area contributed by atoms with Gasteiger partial charge in [-0.25, -0.2) is 33.5 Å². The Hall–Kier alpha value is -3.16. The summed E-state index contributed by atoms with van der Waals surface area (Å²) < 4.78 is 76.6. The van der Waals surface area contributed by atoms with Gasteiger partial charge in [0.25, 0.3) is 5.56 Å². The van der Waals surface area contributed by atoms with Crippen LogP contribution in [0, 0.1) is 5.82 Å².